The molecule has 0 spiro atoms. The maximum absolute atomic E-state index is 12.2. The van der Waals surface area contributed by atoms with Gasteiger partial charge in [-0.05, 0) is 24.9 Å². The highest BCUT2D eigenvalue weighted by molar-refractivity contribution is 14.0. The minimum atomic E-state index is -4.15. The van der Waals surface area contributed by atoms with Crippen LogP contribution < -0.4 is 10.6 Å². The quantitative estimate of drug-likeness (QED) is 0.381. The summed E-state index contributed by atoms with van der Waals surface area (Å²) in [5.41, 5.74) is 1.28. The molecule has 8 heteroatoms. The van der Waals surface area contributed by atoms with Crippen LogP contribution in [0, 0.1) is 0 Å². The summed E-state index contributed by atoms with van der Waals surface area (Å²) in [7, 11) is 1.57. The van der Waals surface area contributed by atoms with Crippen LogP contribution >= 0.6 is 24.0 Å². The first-order chi connectivity index (χ1) is 11.5. The van der Waals surface area contributed by atoms with Crippen molar-refractivity contribution in [3.63, 3.8) is 0 Å². The lowest BCUT2D eigenvalue weighted by Crippen LogP contribution is -2.45. The molecule has 1 saturated heterocycles. The Morgan fingerprint density at radius 2 is 1.96 bits per heavy atom. The molecular weight excluding hydrogens is 444 g/mol. The van der Waals surface area contributed by atoms with Gasteiger partial charge in [-0.2, -0.15) is 13.2 Å². The van der Waals surface area contributed by atoms with Crippen LogP contribution in [0.4, 0.5) is 13.2 Å². The Hall–Kier alpha value is -1.03. The molecule has 2 rings (SSSR count). The van der Waals surface area contributed by atoms with Crippen LogP contribution in [0.5, 0.6) is 0 Å². The molecule has 1 heterocycles. The van der Waals surface area contributed by atoms with Gasteiger partial charge < -0.3 is 10.6 Å². The monoisotopic (exact) mass is 470 g/mol. The molecule has 142 valence electrons. The summed E-state index contributed by atoms with van der Waals surface area (Å²) >= 11 is 0. The van der Waals surface area contributed by atoms with Gasteiger partial charge >= 0.3 is 6.18 Å². The summed E-state index contributed by atoms with van der Waals surface area (Å²) in [6.45, 7) is 2.45. The van der Waals surface area contributed by atoms with Crippen molar-refractivity contribution >= 4 is 29.9 Å². The summed E-state index contributed by atoms with van der Waals surface area (Å²) in [5, 5.41) is 5.86. The average molecular weight is 470 g/mol. The molecule has 1 fully saturated rings. The molecule has 2 N–H and O–H groups in total. The van der Waals surface area contributed by atoms with Gasteiger partial charge in [-0.1, -0.05) is 30.3 Å². The number of nitrogens with zero attached hydrogens (tertiary/aromatic N) is 2. The minimum Gasteiger partial charge on any atom is -0.356 e. The van der Waals surface area contributed by atoms with E-state index in [0.29, 0.717) is 18.5 Å². The van der Waals surface area contributed by atoms with Crippen molar-refractivity contribution in [2.75, 3.05) is 26.7 Å². The van der Waals surface area contributed by atoms with Gasteiger partial charge in [0.05, 0.1) is 6.42 Å². The predicted octanol–water partition coefficient (Wildman–Crippen LogP) is 3.39. The van der Waals surface area contributed by atoms with Crippen LogP contribution in [-0.2, 0) is 6.54 Å². The fourth-order valence-electron chi connectivity index (χ4n) is 2.91. The molecule has 0 aromatic heterocycles. The third-order valence-electron chi connectivity index (χ3n) is 4.16. The number of halogens is 4. The van der Waals surface area contributed by atoms with E-state index in [9.17, 15) is 13.2 Å². The summed E-state index contributed by atoms with van der Waals surface area (Å²) in [6, 6.07) is 10.7. The standard InChI is InChI=1S/C17H25F3N4.HI/c1-21-16(22-10-9-17(18,19)20)23-12-15-8-5-11-24(15)13-14-6-3-2-4-7-14;/h2-4,6-7,15H,5,8-13H2,1H3,(H2,21,22,23);1H. The summed E-state index contributed by atoms with van der Waals surface area (Å²) in [4.78, 5) is 6.39. The summed E-state index contributed by atoms with van der Waals surface area (Å²) in [5.74, 6) is 0.422. The Balaban J connectivity index is 0.00000312. The molecule has 0 aliphatic carbocycles. The normalized spacial score (nSPS) is 18.7. The van der Waals surface area contributed by atoms with Gasteiger partial charge in [-0.15, -0.1) is 24.0 Å². The van der Waals surface area contributed by atoms with Gasteiger partial charge in [0, 0.05) is 32.7 Å². The third kappa shape index (κ3) is 8.26. The molecule has 1 aromatic carbocycles. The molecule has 1 aliphatic rings. The molecule has 0 radical (unpaired) electrons. The van der Waals surface area contributed by atoms with Gasteiger partial charge in [0.1, 0.15) is 0 Å². The van der Waals surface area contributed by atoms with E-state index in [1.54, 1.807) is 7.05 Å². The second-order valence-electron chi connectivity index (χ2n) is 6.00. The number of guanidine groups is 1. The molecule has 4 nitrogen and oxygen atoms in total. The molecule has 1 atom stereocenters. The molecule has 1 aliphatic heterocycles. The molecular formula is C17H26F3IN4. The number of hydrogen-bond acceptors (Lipinski definition) is 2. The highest BCUT2D eigenvalue weighted by Gasteiger charge is 2.27. The molecule has 1 aromatic rings. The smallest absolute Gasteiger partial charge is 0.356 e. The van der Waals surface area contributed by atoms with Crippen molar-refractivity contribution in [1.82, 2.24) is 15.5 Å². The van der Waals surface area contributed by atoms with Crippen molar-refractivity contribution < 1.29 is 13.2 Å². The lowest BCUT2D eigenvalue weighted by atomic mass is 10.2. The Morgan fingerprint density at radius 3 is 2.60 bits per heavy atom. The molecule has 1 unspecified atom stereocenters. The number of nitrogens with one attached hydrogen (secondary N) is 2. The average Bonchev–Trinajstić information content (AvgIpc) is 2.97. The maximum atomic E-state index is 12.2. The van der Waals surface area contributed by atoms with Crippen molar-refractivity contribution in [2.45, 2.75) is 38.0 Å². The highest BCUT2D eigenvalue weighted by Crippen LogP contribution is 2.20. The highest BCUT2D eigenvalue weighted by atomic mass is 127. The summed E-state index contributed by atoms with van der Waals surface area (Å²) in [6.07, 6.45) is -2.79. The molecule has 25 heavy (non-hydrogen) atoms. The van der Waals surface area contributed by atoms with Crippen LogP contribution in [0.2, 0.25) is 0 Å². The first kappa shape index (κ1) is 22.0. The lowest BCUT2D eigenvalue weighted by molar-refractivity contribution is -0.132. The van der Waals surface area contributed by atoms with E-state index in [-0.39, 0.29) is 30.5 Å². The van der Waals surface area contributed by atoms with Gasteiger partial charge in [0.25, 0.3) is 0 Å². The third-order valence-corrected chi connectivity index (χ3v) is 4.16. The van der Waals surface area contributed by atoms with Crippen molar-refractivity contribution in [3.05, 3.63) is 35.9 Å². The zero-order chi connectivity index (χ0) is 17.4. The van der Waals surface area contributed by atoms with E-state index in [1.165, 1.54) is 5.56 Å². The van der Waals surface area contributed by atoms with Crippen molar-refractivity contribution in [1.29, 1.82) is 0 Å². The number of likely N-dealkylation sites (tertiary alicyclic amines) is 1. The summed E-state index contributed by atoms with van der Waals surface area (Å²) < 4.78 is 36.6. The Morgan fingerprint density at radius 1 is 1.24 bits per heavy atom. The number of hydrogen-bond donors (Lipinski definition) is 2. The zero-order valence-electron chi connectivity index (χ0n) is 14.4. The Kier molecular flexibility index (Phi) is 9.55. The predicted molar refractivity (Wildman–Crippen MR) is 105 cm³/mol. The van der Waals surface area contributed by atoms with Crippen molar-refractivity contribution in [3.8, 4) is 0 Å². The lowest BCUT2D eigenvalue weighted by Gasteiger charge is -2.25. The van der Waals surface area contributed by atoms with E-state index < -0.39 is 12.6 Å². The van der Waals surface area contributed by atoms with E-state index in [2.05, 4.69) is 32.7 Å². The van der Waals surface area contributed by atoms with E-state index in [4.69, 9.17) is 0 Å². The minimum absolute atomic E-state index is 0. The number of benzene rings is 1. The van der Waals surface area contributed by atoms with E-state index in [0.717, 1.165) is 25.9 Å². The first-order valence-corrected chi connectivity index (χ1v) is 8.27. The number of aliphatic imine (C=N–C) groups is 1. The van der Waals surface area contributed by atoms with Gasteiger partial charge in [0.2, 0.25) is 0 Å². The van der Waals surface area contributed by atoms with Gasteiger partial charge in [-0.25, -0.2) is 0 Å². The van der Waals surface area contributed by atoms with E-state index >= 15 is 0 Å². The maximum Gasteiger partial charge on any atom is 0.390 e. The SMILES string of the molecule is CN=C(NCCC(F)(F)F)NCC1CCCN1Cc1ccccc1.I. The molecule has 0 bridgehead atoms. The van der Waals surface area contributed by atoms with Crippen LogP contribution in [0.15, 0.2) is 35.3 Å². The van der Waals surface area contributed by atoms with Gasteiger partial charge in [-0.3, -0.25) is 9.89 Å². The second-order valence-corrected chi connectivity index (χ2v) is 6.00. The van der Waals surface area contributed by atoms with Crippen LogP contribution in [0.25, 0.3) is 0 Å². The Bertz CT molecular complexity index is 522. The number of alkyl halides is 3. The largest absolute Gasteiger partial charge is 0.390 e. The fourth-order valence-corrected chi connectivity index (χ4v) is 2.91. The van der Waals surface area contributed by atoms with E-state index in [1.807, 2.05) is 18.2 Å². The van der Waals surface area contributed by atoms with Crippen LogP contribution in [0.1, 0.15) is 24.8 Å². The second kappa shape index (κ2) is 10.8. The zero-order valence-corrected chi connectivity index (χ0v) is 16.7. The molecule has 0 saturated carbocycles. The number of rotatable bonds is 6. The fraction of sp³-hybridized carbons (Fsp3) is 0.588. The topological polar surface area (TPSA) is 39.7 Å². The molecule has 0 amide bonds. The van der Waals surface area contributed by atoms with Crippen molar-refractivity contribution in [2.24, 2.45) is 4.99 Å². The Labute approximate surface area is 164 Å². The first-order valence-electron chi connectivity index (χ1n) is 8.27. The van der Waals surface area contributed by atoms with Crippen LogP contribution in [0.3, 0.4) is 0 Å². The van der Waals surface area contributed by atoms with Crippen LogP contribution in [-0.4, -0.2) is 49.8 Å². The van der Waals surface area contributed by atoms with Gasteiger partial charge in [0.15, 0.2) is 5.96 Å².